The number of ether oxygens (including phenoxy) is 1. The van der Waals surface area contributed by atoms with Gasteiger partial charge in [-0.2, -0.15) is 0 Å². The van der Waals surface area contributed by atoms with Crippen molar-refractivity contribution in [2.24, 2.45) is 0 Å². The van der Waals surface area contributed by atoms with Crippen molar-refractivity contribution in [1.82, 2.24) is 5.32 Å². The summed E-state index contributed by atoms with van der Waals surface area (Å²) >= 11 is 0. The second-order valence-electron chi connectivity index (χ2n) is 5.35. The molecule has 1 fully saturated rings. The van der Waals surface area contributed by atoms with Gasteiger partial charge in [0, 0.05) is 6.04 Å². The number of nitrogens with one attached hydrogen (secondary N) is 1. The van der Waals surface area contributed by atoms with Crippen LogP contribution in [0.15, 0.2) is 48.5 Å². The smallest absolute Gasteiger partial charge is 0.406 e. The van der Waals surface area contributed by atoms with Crippen molar-refractivity contribution >= 4 is 12.4 Å². The van der Waals surface area contributed by atoms with E-state index in [9.17, 15) is 13.2 Å². The van der Waals surface area contributed by atoms with Crippen molar-refractivity contribution in [3.8, 4) is 16.9 Å². The van der Waals surface area contributed by atoms with Gasteiger partial charge >= 0.3 is 6.36 Å². The number of hydrogen-bond donors (Lipinski definition) is 1. The van der Waals surface area contributed by atoms with E-state index in [4.69, 9.17) is 0 Å². The van der Waals surface area contributed by atoms with Gasteiger partial charge in [0.2, 0.25) is 0 Å². The highest BCUT2D eigenvalue weighted by atomic mass is 35.5. The Hall–Kier alpha value is -1.72. The van der Waals surface area contributed by atoms with Gasteiger partial charge in [-0.1, -0.05) is 36.4 Å². The molecule has 1 aliphatic heterocycles. The molecule has 124 valence electrons. The quantitative estimate of drug-likeness (QED) is 0.837. The van der Waals surface area contributed by atoms with Crippen LogP contribution in [0.5, 0.6) is 5.75 Å². The minimum atomic E-state index is -4.67. The molecule has 0 bridgehead atoms. The first-order valence-corrected chi connectivity index (χ1v) is 7.21. The summed E-state index contributed by atoms with van der Waals surface area (Å²) in [4.78, 5) is 0. The van der Waals surface area contributed by atoms with Crippen LogP contribution in [0.4, 0.5) is 13.2 Å². The van der Waals surface area contributed by atoms with Crippen LogP contribution in [-0.2, 0) is 0 Å². The van der Waals surface area contributed by atoms with Crippen LogP contribution in [-0.4, -0.2) is 12.9 Å². The van der Waals surface area contributed by atoms with Crippen LogP contribution in [0.25, 0.3) is 11.1 Å². The summed E-state index contributed by atoms with van der Waals surface area (Å²) in [7, 11) is 0. The molecule has 2 aromatic rings. The Morgan fingerprint density at radius 2 is 1.74 bits per heavy atom. The Labute approximate surface area is 139 Å². The van der Waals surface area contributed by atoms with Crippen LogP contribution in [0.2, 0.25) is 0 Å². The number of rotatable bonds is 3. The van der Waals surface area contributed by atoms with E-state index >= 15 is 0 Å². The van der Waals surface area contributed by atoms with Crippen molar-refractivity contribution in [2.75, 3.05) is 6.54 Å². The molecule has 1 saturated heterocycles. The summed E-state index contributed by atoms with van der Waals surface area (Å²) in [5.74, 6) is -0.202. The third kappa shape index (κ3) is 4.62. The molecule has 0 aliphatic carbocycles. The van der Waals surface area contributed by atoms with Crippen molar-refractivity contribution in [2.45, 2.75) is 25.2 Å². The molecule has 1 heterocycles. The van der Waals surface area contributed by atoms with Gasteiger partial charge in [0.1, 0.15) is 5.75 Å². The van der Waals surface area contributed by atoms with Crippen LogP contribution in [0.3, 0.4) is 0 Å². The topological polar surface area (TPSA) is 21.3 Å². The maximum atomic E-state index is 12.3. The highest BCUT2D eigenvalue weighted by molar-refractivity contribution is 5.85. The summed E-state index contributed by atoms with van der Waals surface area (Å²) in [5, 5.41) is 3.42. The van der Waals surface area contributed by atoms with Crippen molar-refractivity contribution in [3.63, 3.8) is 0 Å². The predicted molar refractivity (Wildman–Crippen MR) is 85.8 cm³/mol. The monoisotopic (exact) mass is 343 g/mol. The van der Waals surface area contributed by atoms with Crippen LogP contribution >= 0.6 is 12.4 Å². The Bertz CT molecular complexity index is 637. The fraction of sp³-hybridized carbons (Fsp3) is 0.294. The van der Waals surface area contributed by atoms with Crippen molar-refractivity contribution < 1.29 is 17.9 Å². The summed E-state index contributed by atoms with van der Waals surface area (Å²) in [6, 6.07) is 14.3. The molecular weight excluding hydrogens is 327 g/mol. The standard InChI is InChI=1S/C17H16F3NO.ClH/c18-17(19,20)22-15-4-1-3-14(11-15)12-6-8-13(9-7-12)16-5-2-10-21-16;/h1,3-4,6-9,11,16,21H,2,5,10H2;1H. The molecule has 0 saturated carbocycles. The Balaban J connectivity index is 0.00000192. The van der Waals surface area contributed by atoms with Gasteiger partial charge in [-0.25, -0.2) is 0 Å². The molecule has 1 N–H and O–H groups in total. The van der Waals surface area contributed by atoms with Gasteiger partial charge in [0.25, 0.3) is 0 Å². The molecule has 0 spiro atoms. The van der Waals surface area contributed by atoms with Gasteiger partial charge in [0.05, 0.1) is 0 Å². The summed E-state index contributed by atoms with van der Waals surface area (Å²) in [6.45, 7) is 1.03. The lowest BCUT2D eigenvalue weighted by Gasteiger charge is -2.12. The van der Waals surface area contributed by atoms with Crippen molar-refractivity contribution in [1.29, 1.82) is 0 Å². The van der Waals surface area contributed by atoms with E-state index in [1.54, 1.807) is 12.1 Å². The van der Waals surface area contributed by atoms with Crippen LogP contribution < -0.4 is 10.1 Å². The molecule has 1 aliphatic rings. The van der Waals surface area contributed by atoms with E-state index in [1.165, 1.54) is 24.1 Å². The lowest BCUT2D eigenvalue weighted by atomic mass is 10.00. The first-order valence-electron chi connectivity index (χ1n) is 7.21. The predicted octanol–water partition coefficient (Wildman–Crippen LogP) is 5.10. The maximum Gasteiger partial charge on any atom is 0.573 e. The summed E-state index contributed by atoms with van der Waals surface area (Å²) in [6.07, 6.45) is -2.38. The van der Waals surface area contributed by atoms with E-state index in [-0.39, 0.29) is 18.2 Å². The zero-order valence-electron chi connectivity index (χ0n) is 12.3. The molecule has 2 nitrogen and oxygen atoms in total. The first kappa shape index (κ1) is 17.6. The lowest BCUT2D eigenvalue weighted by Crippen LogP contribution is -2.17. The molecule has 6 heteroatoms. The average Bonchev–Trinajstić information content (AvgIpc) is 3.00. The molecule has 3 rings (SSSR count). The Morgan fingerprint density at radius 3 is 2.35 bits per heavy atom. The second kappa shape index (κ2) is 7.23. The minimum Gasteiger partial charge on any atom is -0.406 e. The van der Waals surface area contributed by atoms with Crippen LogP contribution in [0.1, 0.15) is 24.4 Å². The zero-order chi connectivity index (χ0) is 15.6. The number of alkyl halides is 3. The largest absolute Gasteiger partial charge is 0.573 e. The zero-order valence-corrected chi connectivity index (χ0v) is 13.1. The Morgan fingerprint density at radius 1 is 1.00 bits per heavy atom. The van der Waals surface area contributed by atoms with E-state index in [0.717, 1.165) is 18.5 Å². The molecule has 2 aromatic carbocycles. The Kier molecular flexibility index (Phi) is 5.55. The van der Waals surface area contributed by atoms with Crippen LogP contribution in [0, 0.1) is 0 Å². The normalized spacial score (nSPS) is 17.6. The van der Waals surface area contributed by atoms with Gasteiger partial charge in [-0.3, -0.25) is 0 Å². The maximum absolute atomic E-state index is 12.3. The molecular formula is C17H17ClF3NO. The third-order valence-electron chi connectivity index (χ3n) is 3.77. The lowest BCUT2D eigenvalue weighted by molar-refractivity contribution is -0.274. The number of benzene rings is 2. The number of halogens is 4. The molecule has 0 aromatic heterocycles. The number of hydrogen-bond acceptors (Lipinski definition) is 2. The molecule has 0 radical (unpaired) electrons. The summed E-state index contributed by atoms with van der Waals surface area (Å²) in [5.41, 5.74) is 2.78. The van der Waals surface area contributed by atoms with E-state index in [2.05, 4.69) is 10.1 Å². The third-order valence-corrected chi connectivity index (χ3v) is 3.77. The van der Waals surface area contributed by atoms with E-state index in [1.807, 2.05) is 24.3 Å². The van der Waals surface area contributed by atoms with E-state index in [0.29, 0.717) is 11.6 Å². The minimum absolute atomic E-state index is 0. The second-order valence-corrected chi connectivity index (χ2v) is 5.35. The van der Waals surface area contributed by atoms with Gasteiger partial charge in [-0.15, -0.1) is 25.6 Å². The highest BCUT2D eigenvalue weighted by Crippen LogP contribution is 2.30. The summed E-state index contributed by atoms with van der Waals surface area (Å²) < 4.78 is 40.8. The molecule has 23 heavy (non-hydrogen) atoms. The molecule has 1 unspecified atom stereocenters. The fourth-order valence-corrected chi connectivity index (χ4v) is 2.75. The fourth-order valence-electron chi connectivity index (χ4n) is 2.75. The molecule has 0 amide bonds. The van der Waals surface area contributed by atoms with Gasteiger partial charge < -0.3 is 10.1 Å². The van der Waals surface area contributed by atoms with E-state index < -0.39 is 6.36 Å². The SMILES string of the molecule is Cl.FC(F)(F)Oc1cccc(-c2ccc(C3CCCN3)cc2)c1. The molecule has 1 atom stereocenters. The van der Waals surface area contributed by atoms with Gasteiger partial charge in [-0.05, 0) is 48.2 Å². The first-order chi connectivity index (χ1) is 10.5. The highest BCUT2D eigenvalue weighted by Gasteiger charge is 2.31. The van der Waals surface area contributed by atoms with Crippen molar-refractivity contribution in [3.05, 3.63) is 54.1 Å². The van der Waals surface area contributed by atoms with Gasteiger partial charge in [0.15, 0.2) is 0 Å². The average molecular weight is 344 g/mol.